The quantitative estimate of drug-likeness (QED) is 0.734. The first-order valence-corrected chi connectivity index (χ1v) is 9.00. The topological polar surface area (TPSA) is 27.2 Å². The summed E-state index contributed by atoms with van der Waals surface area (Å²) in [7, 11) is 0. The van der Waals surface area contributed by atoms with Crippen LogP contribution in [-0.2, 0) is 6.67 Å². The molecule has 3 aromatic rings. The van der Waals surface area contributed by atoms with Crippen LogP contribution < -0.4 is 4.90 Å². The summed E-state index contributed by atoms with van der Waals surface area (Å²) in [6, 6.07) is 20.8. The molecular formula is C20H21N4S+. The van der Waals surface area contributed by atoms with Crippen LogP contribution in [0.15, 0.2) is 73.1 Å². The van der Waals surface area contributed by atoms with Crippen LogP contribution in [0.4, 0.5) is 0 Å². The summed E-state index contributed by atoms with van der Waals surface area (Å²) in [6.07, 6.45) is 5.25. The van der Waals surface area contributed by atoms with E-state index in [-0.39, 0.29) is 0 Å². The van der Waals surface area contributed by atoms with E-state index in [0.717, 1.165) is 36.6 Å². The van der Waals surface area contributed by atoms with Gasteiger partial charge in [-0.1, -0.05) is 48.5 Å². The number of benzene rings is 2. The number of quaternary nitrogens is 1. The van der Waals surface area contributed by atoms with Crippen molar-refractivity contribution in [2.75, 3.05) is 13.1 Å². The van der Waals surface area contributed by atoms with Crippen molar-refractivity contribution in [3.8, 4) is 5.69 Å². The van der Waals surface area contributed by atoms with Crippen molar-refractivity contribution in [2.24, 2.45) is 0 Å². The van der Waals surface area contributed by atoms with E-state index < -0.39 is 0 Å². The summed E-state index contributed by atoms with van der Waals surface area (Å²) in [6.45, 7) is 2.90. The molecule has 0 radical (unpaired) electrons. The third-order valence-corrected chi connectivity index (χ3v) is 5.08. The fourth-order valence-corrected chi connectivity index (χ4v) is 3.53. The van der Waals surface area contributed by atoms with Crippen LogP contribution in [-0.4, -0.2) is 27.4 Å². The Morgan fingerprint density at radius 3 is 2.40 bits per heavy atom. The number of nitrogens with zero attached hydrogens (tertiary/aromatic N) is 3. The lowest BCUT2D eigenvalue weighted by Gasteiger charge is -2.23. The molecule has 4 nitrogen and oxygen atoms in total. The lowest BCUT2D eigenvalue weighted by Crippen LogP contribution is -3.11. The van der Waals surface area contributed by atoms with Gasteiger partial charge < -0.3 is 4.90 Å². The summed E-state index contributed by atoms with van der Waals surface area (Å²) in [5.74, 6) is 0. The van der Waals surface area contributed by atoms with Crippen LogP contribution in [0.5, 0.6) is 0 Å². The van der Waals surface area contributed by atoms with E-state index in [4.69, 9.17) is 12.2 Å². The summed E-state index contributed by atoms with van der Waals surface area (Å²) in [5.41, 5.74) is 3.84. The van der Waals surface area contributed by atoms with Crippen LogP contribution >= 0.6 is 12.2 Å². The average molecular weight is 349 g/mol. The predicted octanol–water partition coefficient (Wildman–Crippen LogP) is 2.73. The van der Waals surface area contributed by atoms with Crippen LogP contribution in [0.25, 0.3) is 11.3 Å². The zero-order valence-corrected chi connectivity index (χ0v) is 14.8. The average Bonchev–Trinajstić information content (AvgIpc) is 3.04. The van der Waals surface area contributed by atoms with Crippen LogP contribution in [0.1, 0.15) is 12.0 Å². The molecule has 1 aromatic heterocycles. The summed E-state index contributed by atoms with van der Waals surface area (Å²) < 4.78 is 4.64. The van der Waals surface area contributed by atoms with Crippen molar-refractivity contribution in [3.63, 3.8) is 0 Å². The molecule has 1 N–H and O–H groups in total. The van der Waals surface area contributed by atoms with E-state index in [2.05, 4.69) is 41.5 Å². The van der Waals surface area contributed by atoms with E-state index in [1.165, 1.54) is 16.0 Å². The molecule has 0 saturated carbocycles. The second-order valence-electron chi connectivity index (χ2n) is 6.33. The zero-order valence-electron chi connectivity index (χ0n) is 14.0. The molecule has 2 heterocycles. The normalized spacial score (nSPS) is 17.3. The van der Waals surface area contributed by atoms with E-state index in [1.807, 2.05) is 45.9 Å². The maximum atomic E-state index is 5.61. The molecule has 0 spiro atoms. The number of hydrogen-bond donors (Lipinski definition) is 1. The van der Waals surface area contributed by atoms with Crippen molar-refractivity contribution in [1.82, 2.24) is 14.3 Å². The number of aromatic nitrogens is 3. The Hall–Kier alpha value is -2.50. The standard InChI is InChI=1S/C20H20N4S/c25-20-23(19-9-5-2-6-10-19)15-21-24(20)16-22-13-11-18(12-14-22)17-7-3-1-4-8-17/h1-11,15H,12-14,16H2/p+1. The second-order valence-corrected chi connectivity index (χ2v) is 6.69. The van der Waals surface area contributed by atoms with Crippen molar-refractivity contribution in [1.29, 1.82) is 0 Å². The monoisotopic (exact) mass is 349 g/mol. The van der Waals surface area contributed by atoms with Crippen LogP contribution in [0.3, 0.4) is 0 Å². The van der Waals surface area contributed by atoms with Gasteiger partial charge >= 0.3 is 0 Å². The van der Waals surface area contributed by atoms with Gasteiger partial charge in [-0.3, -0.25) is 4.57 Å². The second kappa shape index (κ2) is 7.17. The Labute approximate surface area is 152 Å². The molecule has 1 aliphatic rings. The molecule has 1 atom stereocenters. The first-order chi connectivity index (χ1) is 12.3. The summed E-state index contributed by atoms with van der Waals surface area (Å²) in [4.78, 5) is 1.48. The highest BCUT2D eigenvalue weighted by Crippen LogP contribution is 2.17. The minimum atomic E-state index is 0.747. The molecule has 0 aliphatic carbocycles. The Kier molecular flexibility index (Phi) is 4.59. The van der Waals surface area contributed by atoms with Crippen molar-refractivity contribution >= 4 is 17.8 Å². The van der Waals surface area contributed by atoms with Gasteiger partial charge in [0.2, 0.25) is 4.77 Å². The third-order valence-electron chi connectivity index (χ3n) is 4.67. The lowest BCUT2D eigenvalue weighted by atomic mass is 10.00. The van der Waals surface area contributed by atoms with E-state index >= 15 is 0 Å². The summed E-state index contributed by atoms with van der Waals surface area (Å²) in [5, 5.41) is 4.50. The molecule has 0 fully saturated rings. The van der Waals surface area contributed by atoms with Gasteiger partial charge in [0.1, 0.15) is 6.33 Å². The molecule has 25 heavy (non-hydrogen) atoms. The molecule has 0 bridgehead atoms. The molecule has 0 saturated heterocycles. The van der Waals surface area contributed by atoms with E-state index in [1.54, 1.807) is 0 Å². The van der Waals surface area contributed by atoms with Gasteiger partial charge in [-0.2, -0.15) is 9.78 Å². The van der Waals surface area contributed by atoms with Gasteiger partial charge in [0.05, 0.1) is 13.1 Å². The first-order valence-electron chi connectivity index (χ1n) is 8.59. The highest BCUT2D eigenvalue weighted by molar-refractivity contribution is 7.71. The lowest BCUT2D eigenvalue weighted by molar-refractivity contribution is -0.918. The first kappa shape index (κ1) is 16.0. The largest absolute Gasteiger partial charge is 0.313 e. The van der Waals surface area contributed by atoms with Gasteiger partial charge in [-0.15, -0.1) is 0 Å². The van der Waals surface area contributed by atoms with Gasteiger partial charge in [-0.05, 0) is 41.6 Å². The Bertz CT molecular complexity index is 925. The van der Waals surface area contributed by atoms with Crippen molar-refractivity contribution < 1.29 is 4.90 Å². The number of para-hydroxylation sites is 1. The van der Waals surface area contributed by atoms with Gasteiger partial charge in [0.15, 0.2) is 6.67 Å². The minimum Gasteiger partial charge on any atom is -0.313 e. The number of nitrogens with one attached hydrogen (secondary N) is 1. The predicted molar refractivity (Wildman–Crippen MR) is 102 cm³/mol. The van der Waals surface area contributed by atoms with E-state index in [0.29, 0.717) is 0 Å². The smallest absolute Gasteiger partial charge is 0.207 e. The molecule has 1 unspecified atom stereocenters. The fourth-order valence-electron chi connectivity index (χ4n) is 3.26. The van der Waals surface area contributed by atoms with E-state index in [9.17, 15) is 0 Å². The highest BCUT2D eigenvalue weighted by Gasteiger charge is 2.17. The fraction of sp³-hybridized carbons (Fsp3) is 0.200. The van der Waals surface area contributed by atoms with Crippen LogP contribution in [0, 0.1) is 4.77 Å². The minimum absolute atomic E-state index is 0.747. The Balaban J connectivity index is 1.47. The van der Waals surface area contributed by atoms with Crippen molar-refractivity contribution in [2.45, 2.75) is 13.1 Å². The van der Waals surface area contributed by atoms with Gasteiger partial charge in [0.25, 0.3) is 0 Å². The maximum Gasteiger partial charge on any atom is 0.207 e. The maximum absolute atomic E-state index is 5.61. The van der Waals surface area contributed by atoms with Crippen LogP contribution in [0.2, 0.25) is 0 Å². The highest BCUT2D eigenvalue weighted by atomic mass is 32.1. The Morgan fingerprint density at radius 1 is 1.00 bits per heavy atom. The molecule has 2 aromatic carbocycles. The van der Waals surface area contributed by atoms with Crippen molar-refractivity contribution in [3.05, 3.63) is 83.4 Å². The molecular weight excluding hydrogens is 328 g/mol. The van der Waals surface area contributed by atoms with Gasteiger partial charge in [0, 0.05) is 12.1 Å². The SMILES string of the molecule is S=c1n(-c2ccccc2)cnn1C[NH+]1CC=C(c2ccccc2)CC1. The van der Waals surface area contributed by atoms with Gasteiger partial charge in [-0.25, -0.2) is 0 Å². The molecule has 126 valence electrons. The molecule has 4 rings (SSSR count). The summed E-state index contributed by atoms with van der Waals surface area (Å²) >= 11 is 5.61. The molecule has 5 heteroatoms. The number of rotatable bonds is 4. The number of hydrogen-bond acceptors (Lipinski definition) is 2. The third kappa shape index (κ3) is 3.48. The molecule has 0 amide bonds. The Morgan fingerprint density at radius 2 is 1.72 bits per heavy atom. The molecule has 1 aliphatic heterocycles. The zero-order chi connectivity index (χ0) is 17.1.